The lowest BCUT2D eigenvalue weighted by Gasteiger charge is -2.21. The van der Waals surface area contributed by atoms with E-state index < -0.39 is 28.0 Å². The zero-order chi connectivity index (χ0) is 41.8. The third-order valence-electron chi connectivity index (χ3n) is 10.1. The van der Waals surface area contributed by atoms with Gasteiger partial charge in [-0.15, -0.1) is 0 Å². The van der Waals surface area contributed by atoms with Gasteiger partial charge in [0.1, 0.15) is 0 Å². The molecule has 0 spiro atoms. The fraction of sp³-hybridized carbons (Fsp3) is 0.700. The molecule has 2 unspecified atom stereocenters. The molecule has 0 fully saturated rings. The van der Waals surface area contributed by atoms with E-state index in [2.05, 4.69) is 92.1 Å². The third kappa shape index (κ3) is 44.5. The SMILES string of the molecule is CC/C=C\C/C=C\C/C=C\C/C=C\C/C=C\CCCCCCCC(=O)NC(CS(=O)(=O)O)C(O)/C=C/CC/C=C/CCCCCCCCCCCCCCCCC. The molecule has 0 heterocycles. The number of aliphatic hydroxyl groups excluding tert-OH is 1. The van der Waals surface area contributed by atoms with Gasteiger partial charge in [0.15, 0.2) is 0 Å². The van der Waals surface area contributed by atoms with E-state index in [-0.39, 0.29) is 12.3 Å². The highest BCUT2D eigenvalue weighted by Gasteiger charge is 2.24. The van der Waals surface area contributed by atoms with Gasteiger partial charge >= 0.3 is 0 Å². The van der Waals surface area contributed by atoms with Gasteiger partial charge in [-0.2, -0.15) is 8.42 Å². The molecular formula is C50H87NO5S. The highest BCUT2D eigenvalue weighted by atomic mass is 32.2. The van der Waals surface area contributed by atoms with Crippen LogP contribution in [0.4, 0.5) is 0 Å². The van der Waals surface area contributed by atoms with Crippen LogP contribution in [0.1, 0.15) is 206 Å². The lowest BCUT2D eigenvalue weighted by Crippen LogP contribution is -2.46. The van der Waals surface area contributed by atoms with E-state index in [4.69, 9.17) is 0 Å². The van der Waals surface area contributed by atoms with Crippen LogP contribution < -0.4 is 5.32 Å². The first kappa shape index (κ1) is 54.5. The molecule has 0 aliphatic carbocycles. The fourth-order valence-corrected chi connectivity index (χ4v) is 7.34. The van der Waals surface area contributed by atoms with Gasteiger partial charge in [0.25, 0.3) is 10.1 Å². The molecule has 0 saturated carbocycles. The van der Waals surface area contributed by atoms with E-state index in [9.17, 15) is 22.9 Å². The summed E-state index contributed by atoms with van der Waals surface area (Å²) in [5, 5.41) is 13.2. The van der Waals surface area contributed by atoms with Crippen LogP contribution in [0.15, 0.2) is 85.1 Å². The molecule has 0 radical (unpaired) electrons. The maximum atomic E-state index is 12.6. The predicted octanol–water partition coefficient (Wildman–Crippen LogP) is 14.4. The van der Waals surface area contributed by atoms with E-state index >= 15 is 0 Å². The molecule has 0 saturated heterocycles. The summed E-state index contributed by atoms with van der Waals surface area (Å²) < 4.78 is 32.6. The fourth-order valence-electron chi connectivity index (χ4n) is 6.61. The number of allylic oxidation sites excluding steroid dienone is 13. The Morgan fingerprint density at radius 3 is 1.32 bits per heavy atom. The minimum atomic E-state index is -4.37. The van der Waals surface area contributed by atoms with Crippen molar-refractivity contribution in [3.05, 3.63) is 85.1 Å². The average Bonchev–Trinajstić information content (AvgIpc) is 3.18. The summed E-state index contributed by atoms with van der Waals surface area (Å²) in [5.74, 6) is -1.03. The first-order chi connectivity index (χ1) is 27.8. The maximum absolute atomic E-state index is 12.6. The zero-order valence-corrected chi connectivity index (χ0v) is 37.5. The van der Waals surface area contributed by atoms with Crippen molar-refractivity contribution in [1.82, 2.24) is 5.32 Å². The van der Waals surface area contributed by atoms with Crippen molar-refractivity contribution < 1.29 is 22.9 Å². The lowest BCUT2D eigenvalue weighted by molar-refractivity contribution is -0.122. The van der Waals surface area contributed by atoms with Crippen LogP contribution in [0.3, 0.4) is 0 Å². The second-order valence-electron chi connectivity index (χ2n) is 15.6. The predicted molar refractivity (Wildman–Crippen MR) is 248 cm³/mol. The molecule has 0 aromatic rings. The van der Waals surface area contributed by atoms with Crippen molar-refractivity contribution >= 4 is 16.0 Å². The second-order valence-corrected chi connectivity index (χ2v) is 17.1. The Bertz CT molecular complexity index is 1210. The summed E-state index contributed by atoms with van der Waals surface area (Å²) in [6.45, 7) is 4.42. The number of amides is 1. The van der Waals surface area contributed by atoms with Crippen molar-refractivity contribution in [2.75, 3.05) is 5.75 Å². The number of hydrogen-bond acceptors (Lipinski definition) is 4. The Morgan fingerprint density at radius 2 is 0.860 bits per heavy atom. The Balaban J connectivity index is 3.97. The molecule has 1 amide bonds. The highest BCUT2D eigenvalue weighted by molar-refractivity contribution is 7.85. The Kier molecular flexibility index (Phi) is 41.2. The smallest absolute Gasteiger partial charge is 0.267 e. The maximum Gasteiger partial charge on any atom is 0.267 e. The van der Waals surface area contributed by atoms with Crippen molar-refractivity contribution in [2.45, 2.75) is 219 Å². The Hall–Kier alpha value is -2.48. The molecule has 0 aliphatic heterocycles. The summed E-state index contributed by atoms with van der Waals surface area (Å²) in [7, 11) is -4.37. The average molecular weight is 814 g/mol. The number of carbonyl (C=O) groups is 1. The van der Waals surface area contributed by atoms with Crippen LogP contribution in [-0.4, -0.2) is 41.9 Å². The number of rotatable bonds is 41. The van der Waals surface area contributed by atoms with Crippen molar-refractivity contribution in [2.24, 2.45) is 0 Å². The molecule has 0 aromatic heterocycles. The van der Waals surface area contributed by atoms with Gasteiger partial charge in [-0.25, -0.2) is 0 Å². The number of carbonyl (C=O) groups excluding carboxylic acids is 1. The van der Waals surface area contributed by atoms with E-state index in [0.717, 1.165) is 77.0 Å². The Labute approximate surface area is 352 Å². The largest absolute Gasteiger partial charge is 0.387 e. The van der Waals surface area contributed by atoms with Crippen LogP contribution in [0.5, 0.6) is 0 Å². The van der Waals surface area contributed by atoms with Crippen molar-refractivity contribution in [1.29, 1.82) is 0 Å². The standard InChI is InChI=1S/C50H87NO5S/c1-3-5-7-9-11-13-15-17-19-21-23-25-27-29-31-33-35-37-39-41-43-45-49(52)48(47-57(54,55)56)51-50(53)46-44-42-40-38-36-34-32-30-28-26-24-22-20-18-16-14-12-10-8-6-4-2/h6,8,12,14,18,20,24,26,30,32,35,37,43,45,48-49,52H,3-5,7,9-11,13,15-17,19,21-23,25,27-29,31,33-34,36,38-42,44,46-47H2,1-2H3,(H,51,53)(H,54,55,56)/b8-6-,14-12-,20-18-,26-24-,32-30-,37-35+,45-43+. The second kappa shape index (κ2) is 43.1. The van der Waals surface area contributed by atoms with Gasteiger partial charge in [0.2, 0.25) is 5.91 Å². The minimum absolute atomic E-state index is 0.261. The van der Waals surface area contributed by atoms with Crippen molar-refractivity contribution in [3.63, 3.8) is 0 Å². The number of hydrogen-bond donors (Lipinski definition) is 3. The van der Waals surface area contributed by atoms with Gasteiger partial charge in [0, 0.05) is 6.42 Å². The van der Waals surface area contributed by atoms with Crippen LogP contribution in [0.25, 0.3) is 0 Å². The molecule has 57 heavy (non-hydrogen) atoms. The molecule has 0 aliphatic rings. The van der Waals surface area contributed by atoms with Gasteiger partial charge in [-0.3, -0.25) is 9.35 Å². The van der Waals surface area contributed by atoms with Gasteiger partial charge in [0.05, 0.1) is 17.9 Å². The van der Waals surface area contributed by atoms with Crippen LogP contribution in [0.2, 0.25) is 0 Å². The molecular weight excluding hydrogens is 727 g/mol. The molecule has 7 heteroatoms. The molecule has 0 bridgehead atoms. The van der Waals surface area contributed by atoms with Gasteiger partial charge in [-0.05, 0) is 77.0 Å². The normalized spacial score (nSPS) is 14.0. The number of unbranched alkanes of at least 4 members (excludes halogenated alkanes) is 21. The van der Waals surface area contributed by atoms with Crippen LogP contribution in [-0.2, 0) is 14.9 Å². The van der Waals surface area contributed by atoms with Crippen LogP contribution in [0, 0.1) is 0 Å². The third-order valence-corrected chi connectivity index (χ3v) is 10.8. The van der Waals surface area contributed by atoms with E-state index in [1.54, 1.807) is 0 Å². The first-order valence-electron chi connectivity index (χ1n) is 23.3. The quantitative estimate of drug-likeness (QED) is 0.0324. The summed E-state index contributed by atoms with van der Waals surface area (Å²) in [4.78, 5) is 12.6. The van der Waals surface area contributed by atoms with Crippen molar-refractivity contribution in [3.8, 4) is 0 Å². The highest BCUT2D eigenvalue weighted by Crippen LogP contribution is 2.14. The van der Waals surface area contributed by atoms with Gasteiger partial charge in [-0.1, -0.05) is 208 Å². The van der Waals surface area contributed by atoms with Crippen LogP contribution >= 0.6 is 0 Å². The van der Waals surface area contributed by atoms with E-state index in [1.807, 2.05) is 6.08 Å². The number of nitrogens with one attached hydrogen (secondary N) is 1. The molecule has 328 valence electrons. The first-order valence-corrected chi connectivity index (χ1v) is 24.9. The summed E-state index contributed by atoms with van der Waals surface area (Å²) in [5.41, 5.74) is 0. The zero-order valence-electron chi connectivity index (χ0n) is 36.7. The summed E-state index contributed by atoms with van der Waals surface area (Å²) in [6.07, 6.45) is 62.9. The molecule has 0 rings (SSSR count). The monoisotopic (exact) mass is 814 g/mol. The topological polar surface area (TPSA) is 104 Å². The lowest BCUT2D eigenvalue weighted by atomic mass is 10.0. The molecule has 0 aromatic carbocycles. The molecule has 2 atom stereocenters. The van der Waals surface area contributed by atoms with Gasteiger partial charge < -0.3 is 10.4 Å². The number of aliphatic hydroxyl groups is 1. The molecule has 6 nitrogen and oxygen atoms in total. The molecule has 3 N–H and O–H groups in total. The summed E-state index contributed by atoms with van der Waals surface area (Å²) in [6, 6.07) is -1.09. The summed E-state index contributed by atoms with van der Waals surface area (Å²) >= 11 is 0. The van der Waals surface area contributed by atoms with E-state index in [0.29, 0.717) is 12.8 Å². The van der Waals surface area contributed by atoms with E-state index in [1.165, 1.54) is 102 Å². The minimum Gasteiger partial charge on any atom is -0.387 e. The Morgan fingerprint density at radius 1 is 0.491 bits per heavy atom.